The largest absolute Gasteiger partial charge is 0.711 e. The molecule has 1 aromatic rings. The molecule has 1 aromatic heterocycles. The summed E-state index contributed by atoms with van der Waals surface area (Å²) in [5.41, 5.74) is 2.16. The second-order valence-electron chi connectivity index (χ2n) is 5.24. The highest BCUT2D eigenvalue weighted by Gasteiger charge is 2.32. The molecule has 1 aliphatic heterocycles. The van der Waals surface area contributed by atoms with Crippen molar-refractivity contribution in [2.75, 3.05) is 18.0 Å². The van der Waals surface area contributed by atoms with E-state index in [1.165, 1.54) is 31.2 Å². The predicted octanol–water partition coefficient (Wildman–Crippen LogP) is 1.75. The Morgan fingerprint density at radius 1 is 1.35 bits per heavy atom. The lowest BCUT2D eigenvalue weighted by molar-refractivity contribution is -0.616. The molecule has 1 atom stereocenters. The molecule has 3 rings (SSSR count). The molecule has 0 N–H and O–H groups in total. The van der Waals surface area contributed by atoms with Crippen LogP contribution in [0.3, 0.4) is 0 Å². The van der Waals surface area contributed by atoms with E-state index in [0.29, 0.717) is 5.92 Å². The van der Waals surface area contributed by atoms with Crippen LogP contribution in [0.5, 0.6) is 0 Å². The Morgan fingerprint density at radius 3 is 2.88 bits per heavy atom. The quantitative estimate of drug-likeness (QED) is 0.548. The second-order valence-corrected chi connectivity index (χ2v) is 5.24. The molecule has 1 saturated heterocycles. The molecule has 0 bridgehead atoms. The maximum absolute atomic E-state index is 11.7. The number of nitrogens with zero attached hydrogens (tertiary/aromatic N) is 3. The van der Waals surface area contributed by atoms with Crippen molar-refractivity contribution < 1.29 is 4.73 Å². The summed E-state index contributed by atoms with van der Waals surface area (Å²) in [6, 6.07) is 0. The van der Waals surface area contributed by atoms with Crippen LogP contribution in [0.1, 0.15) is 49.8 Å². The molecule has 2 heterocycles. The van der Waals surface area contributed by atoms with Gasteiger partial charge in [0, 0.05) is 19.5 Å². The molecule has 0 radical (unpaired) electrons. The molecule has 0 spiro atoms. The van der Waals surface area contributed by atoms with E-state index in [1.807, 2.05) is 0 Å². The minimum absolute atomic E-state index is 0.482. The van der Waals surface area contributed by atoms with Crippen molar-refractivity contribution in [3.05, 3.63) is 22.8 Å². The second kappa shape index (κ2) is 4.17. The van der Waals surface area contributed by atoms with Crippen LogP contribution >= 0.6 is 0 Å². The summed E-state index contributed by atoms with van der Waals surface area (Å²) in [4.78, 5) is 6.77. The van der Waals surface area contributed by atoms with Gasteiger partial charge in [-0.1, -0.05) is 6.92 Å². The van der Waals surface area contributed by atoms with Gasteiger partial charge in [0.1, 0.15) is 5.69 Å². The fourth-order valence-corrected chi connectivity index (χ4v) is 3.10. The van der Waals surface area contributed by atoms with Gasteiger partial charge in [0.2, 0.25) is 5.82 Å². The van der Waals surface area contributed by atoms with Gasteiger partial charge in [-0.05, 0) is 36.6 Å². The predicted molar refractivity (Wildman–Crippen MR) is 66.0 cm³/mol. The minimum Gasteiger partial charge on any atom is -0.711 e. The third-order valence-corrected chi connectivity index (χ3v) is 4.07. The van der Waals surface area contributed by atoms with Crippen LogP contribution in [0.15, 0.2) is 6.33 Å². The lowest BCUT2D eigenvalue weighted by atomic mass is 10.0. The SMILES string of the molecule is C[C@@H]1CCc2c1c(N1CCCCC1)nc[n+]2[O-]. The number of anilines is 1. The van der Waals surface area contributed by atoms with E-state index in [4.69, 9.17) is 0 Å². The zero-order valence-electron chi connectivity index (χ0n) is 10.4. The molecule has 0 unspecified atom stereocenters. The fraction of sp³-hybridized carbons (Fsp3) is 0.692. The van der Waals surface area contributed by atoms with Crippen molar-refractivity contribution in [1.82, 2.24) is 4.98 Å². The lowest BCUT2D eigenvalue weighted by Crippen LogP contribution is -2.36. The minimum atomic E-state index is 0.482. The molecule has 17 heavy (non-hydrogen) atoms. The van der Waals surface area contributed by atoms with Crippen LogP contribution < -0.4 is 9.63 Å². The van der Waals surface area contributed by atoms with Gasteiger partial charge in [0.15, 0.2) is 0 Å². The third kappa shape index (κ3) is 1.75. The number of hydrogen-bond donors (Lipinski definition) is 0. The lowest BCUT2D eigenvalue weighted by Gasteiger charge is -2.27. The first-order valence-electron chi connectivity index (χ1n) is 6.63. The van der Waals surface area contributed by atoms with Crippen LogP contribution in [0.4, 0.5) is 5.82 Å². The summed E-state index contributed by atoms with van der Waals surface area (Å²) >= 11 is 0. The maximum Gasteiger partial charge on any atom is 0.292 e. The van der Waals surface area contributed by atoms with Crippen LogP contribution in [-0.2, 0) is 6.42 Å². The van der Waals surface area contributed by atoms with Crippen molar-refractivity contribution in [2.45, 2.75) is 44.9 Å². The van der Waals surface area contributed by atoms with Gasteiger partial charge in [0.05, 0.1) is 5.56 Å². The zero-order chi connectivity index (χ0) is 11.8. The normalized spacial score (nSPS) is 23.8. The molecule has 0 amide bonds. The molecule has 2 aliphatic rings. The monoisotopic (exact) mass is 233 g/mol. The Morgan fingerprint density at radius 2 is 2.12 bits per heavy atom. The zero-order valence-corrected chi connectivity index (χ0v) is 10.4. The average molecular weight is 233 g/mol. The van der Waals surface area contributed by atoms with E-state index in [0.717, 1.165) is 42.2 Å². The Balaban J connectivity index is 2.02. The highest BCUT2D eigenvalue weighted by atomic mass is 16.5. The average Bonchev–Trinajstić information content (AvgIpc) is 2.75. The van der Waals surface area contributed by atoms with Crippen molar-refractivity contribution >= 4 is 5.82 Å². The molecule has 1 aliphatic carbocycles. The summed E-state index contributed by atoms with van der Waals surface area (Å²) in [7, 11) is 0. The number of hydrogen-bond acceptors (Lipinski definition) is 3. The highest BCUT2D eigenvalue weighted by molar-refractivity contribution is 5.51. The summed E-state index contributed by atoms with van der Waals surface area (Å²) in [5, 5.41) is 11.7. The first-order chi connectivity index (χ1) is 8.27. The Kier molecular flexibility index (Phi) is 2.65. The van der Waals surface area contributed by atoms with Crippen LogP contribution in [0.2, 0.25) is 0 Å². The smallest absolute Gasteiger partial charge is 0.292 e. The summed E-state index contributed by atoms with van der Waals surface area (Å²) in [6.07, 6.45) is 7.26. The van der Waals surface area contributed by atoms with Crippen molar-refractivity contribution in [3.8, 4) is 0 Å². The van der Waals surface area contributed by atoms with Crippen LogP contribution in [0, 0.1) is 5.21 Å². The molecule has 0 aromatic carbocycles. The first-order valence-corrected chi connectivity index (χ1v) is 6.63. The number of fused-ring (bicyclic) bond motifs is 1. The van der Waals surface area contributed by atoms with E-state index in [9.17, 15) is 5.21 Å². The molecule has 4 heteroatoms. The van der Waals surface area contributed by atoms with Gasteiger partial charge in [-0.15, -0.1) is 0 Å². The highest BCUT2D eigenvalue weighted by Crippen LogP contribution is 2.36. The molecule has 0 saturated carbocycles. The Hall–Kier alpha value is -1.32. The molecule has 1 fully saturated rings. The van der Waals surface area contributed by atoms with Crippen LogP contribution in [-0.4, -0.2) is 18.1 Å². The Labute approximate surface area is 102 Å². The molecular formula is C13H19N3O. The van der Waals surface area contributed by atoms with Gasteiger partial charge < -0.3 is 10.1 Å². The Bertz CT molecular complexity index is 427. The van der Waals surface area contributed by atoms with E-state index in [2.05, 4.69) is 16.8 Å². The van der Waals surface area contributed by atoms with Crippen molar-refractivity contribution in [3.63, 3.8) is 0 Å². The van der Waals surface area contributed by atoms with E-state index in [-0.39, 0.29) is 0 Å². The van der Waals surface area contributed by atoms with Gasteiger partial charge >= 0.3 is 0 Å². The van der Waals surface area contributed by atoms with Gasteiger partial charge in [-0.2, -0.15) is 0 Å². The van der Waals surface area contributed by atoms with Crippen LogP contribution in [0.25, 0.3) is 0 Å². The summed E-state index contributed by atoms with van der Waals surface area (Å²) in [6.45, 7) is 4.39. The molecule has 92 valence electrons. The van der Waals surface area contributed by atoms with Gasteiger partial charge in [-0.3, -0.25) is 0 Å². The van der Waals surface area contributed by atoms with E-state index < -0.39 is 0 Å². The van der Waals surface area contributed by atoms with Crippen molar-refractivity contribution in [1.29, 1.82) is 0 Å². The standard InChI is InChI=1S/C13H19N3O/c1-10-5-6-11-12(10)13(14-9-16(11)17)15-7-3-2-4-8-15/h9-10H,2-8H2,1H3/t10-/m1/s1. The number of piperidine rings is 1. The third-order valence-electron chi connectivity index (χ3n) is 4.07. The van der Waals surface area contributed by atoms with E-state index >= 15 is 0 Å². The van der Waals surface area contributed by atoms with E-state index in [1.54, 1.807) is 0 Å². The van der Waals surface area contributed by atoms with Gasteiger partial charge in [0.25, 0.3) is 6.33 Å². The first kappa shape index (κ1) is 10.8. The topological polar surface area (TPSA) is 43.1 Å². The van der Waals surface area contributed by atoms with Crippen molar-refractivity contribution in [2.24, 2.45) is 0 Å². The molecule has 4 nitrogen and oxygen atoms in total. The maximum atomic E-state index is 11.7. The summed E-state index contributed by atoms with van der Waals surface area (Å²) in [5.74, 6) is 1.56. The number of rotatable bonds is 1. The number of aromatic nitrogens is 2. The molecular weight excluding hydrogens is 214 g/mol. The summed E-state index contributed by atoms with van der Waals surface area (Å²) < 4.78 is 0.965. The van der Waals surface area contributed by atoms with Gasteiger partial charge in [-0.25, -0.2) is 4.73 Å². The fourth-order valence-electron chi connectivity index (χ4n) is 3.10.